The van der Waals surface area contributed by atoms with E-state index in [2.05, 4.69) is 10.3 Å². The molecule has 7 heteroatoms. The molecule has 1 heterocycles. The average Bonchev–Trinajstić information content (AvgIpc) is 3.16. The normalized spacial score (nSPS) is 10.5. The van der Waals surface area contributed by atoms with Gasteiger partial charge in [0.05, 0.1) is 19.2 Å². The summed E-state index contributed by atoms with van der Waals surface area (Å²) < 4.78 is 5.31. The van der Waals surface area contributed by atoms with Crippen LogP contribution in [0.3, 0.4) is 0 Å². The van der Waals surface area contributed by atoms with Crippen molar-refractivity contribution in [3.63, 3.8) is 0 Å². The van der Waals surface area contributed by atoms with Crippen LogP contribution in [0.4, 0.5) is 5.13 Å². The topological polar surface area (TPSA) is 68.3 Å². The molecule has 0 aliphatic rings. The summed E-state index contributed by atoms with van der Waals surface area (Å²) in [7, 11) is 1.54. The van der Waals surface area contributed by atoms with E-state index in [0.717, 1.165) is 11.3 Å². The number of hydrogen-bond acceptors (Lipinski definition) is 6. The van der Waals surface area contributed by atoms with Crippen LogP contribution in [-0.2, 0) is 11.2 Å². The first kappa shape index (κ1) is 20.1. The minimum Gasteiger partial charge on any atom is -0.496 e. The molecule has 0 spiro atoms. The zero-order chi connectivity index (χ0) is 20.1. The number of rotatable bonds is 7. The van der Waals surface area contributed by atoms with Crippen LogP contribution < -0.4 is 10.1 Å². The molecule has 144 valence electrons. The molecule has 0 radical (unpaired) electrons. The predicted molar refractivity (Wildman–Crippen MR) is 115 cm³/mol. The van der Waals surface area contributed by atoms with Gasteiger partial charge in [-0.25, -0.2) is 4.98 Å². The molecular weight excluding hydrogens is 392 g/mol. The molecule has 1 amide bonds. The molecule has 1 N–H and O–H groups in total. The van der Waals surface area contributed by atoms with Crippen molar-refractivity contribution in [1.29, 1.82) is 0 Å². The van der Waals surface area contributed by atoms with E-state index in [4.69, 9.17) is 4.74 Å². The number of amides is 1. The Balaban J connectivity index is 1.71. The zero-order valence-corrected chi connectivity index (χ0v) is 17.4. The van der Waals surface area contributed by atoms with Crippen LogP contribution in [0, 0.1) is 0 Å². The molecule has 0 saturated heterocycles. The maximum absolute atomic E-state index is 12.5. The summed E-state index contributed by atoms with van der Waals surface area (Å²) in [6.45, 7) is 1.49. The highest BCUT2D eigenvalue weighted by Gasteiger charge is 2.13. The lowest BCUT2D eigenvalue weighted by Crippen LogP contribution is -2.15. The second-order valence-corrected chi connectivity index (χ2v) is 7.81. The third-order valence-corrected chi connectivity index (χ3v) is 5.68. The van der Waals surface area contributed by atoms with E-state index in [-0.39, 0.29) is 18.1 Å². The number of methoxy groups -OCH3 is 1. The van der Waals surface area contributed by atoms with Gasteiger partial charge in [0.15, 0.2) is 10.9 Å². The van der Waals surface area contributed by atoms with Crippen LogP contribution in [0.1, 0.15) is 22.8 Å². The molecule has 2 aromatic carbocycles. The van der Waals surface area contributed by atoms with Gasteiger partial charge in [0, 0.05) is 27.0 Å². The van der Waals surface area contributed by atoms with Crippen molar-refractivity contribution in [3.05, 3.63) is 59.0 Å². The van der Waals surface area contributed by atoms with E-state index in [0.29, 0.717) is 22.0 Å². The van der Waals surface area contributed by atoms with Crippen LogP contribution in [0.5, 0.6) is 5.75 Å². The number of nitrogens with one attached hydrogen (secondary N) is 1. The average molecular weight is 413 g/mol. The number of anilines is 1. The molecular formula is C21H20N2O3S2. The van der Waals surface area contributed by atoms with E-state index in [1.54, 1.807) is 37.1 Å². The van der Waals surface area contributed by atoms with Crippen LogP contribution in [0.15, 0.2) is 52.7 Å². The molecule has 3 aromatic rings. The van der Waals surface area contributed by atoms with Crippen LogP contribution in [0.2, 0.25) is 0 Å². The van der Waals surface area contributed by atoms with Gasteiger partial charge in [0.1, 0.15) is 5.75 Å². The molecule has 0 bridgehead atoms. The second kappa shape index (κ2) is 9.03. The summed E-state index contributed by atoms with van der Waals surface area (Å²) in [6.07, 6.45) is 2.13. The smallest absolute Gasteiger partial charge is 0.230 e. The van der Waals surface area contributed by atoms with E-state index >= 15 is 0 Å². The maximum Gasteiger partial charge on any atom is 0.230 e. The maximum atomic E-state index is 12.5. The van der Waals surface area contributed by atoms with Crippen molar-refractivity contribution >= 4 is 39.9 Å². The van der Waals surface area contributed by atoms with Gasteiger partial charge in [-0.1, -0.05) is 12.1 Å². The third kappa shape index (κ3) is 4.79. The van der Waals surface area contributed by atoms with Crippen molar-refractivity contribution < 1.29 is 14.3 Å². The highest BCUT2D eigenvalue weighted by atomic mass is 32.2. The molecule has 0 aliphatic heterocycles. The van der Waals surface area contributed by atoms with Gasteiger partial charge in [0.2, 0.25) is 5.91 Å². The Bertz CT molecular complexity index is 997. The first-order chi connectivity index (χ1) is 13.5. The molecule has 28 heavy (non-hydrogen) atoms. The van der Waals surface area contributed by atoms with Gasteiger partial charge in [0.25, 0.3) is 0 Å². The van der Waals surface area contributed by atoms with E-state index in [9.17, 15) is 9.59 Å². The van der Waals surface area contributed by atoms with Crippen molar-refractivity contribution in [2.24, 2.45) is 0 Å². The predicted octanol–water partition coefficient (Wildman–Crippen LogP) is 4.92. The van der Waals surface area contributed by atoms with Gasteiger partial charge in [-0.2, -0.15) is 0 Å². The van der Waals surface area contributed by atoms with Gasteiger partial charge in [-0.3, -0.25) is 9.59 Å². The number of ketones is 1. The highest BCUT2D eigenvalue weighted by Crippen LogP contribution is 2.27. The molecule has 5 nitrogen and oxygen atoms in total. The van der Waals surface area contributed by atoms with E-state index in [1.807, 2.05) is 35.9 Å². The van der Waals surface area contributed by atoms with Crippen molar-refractivity contribution in [3.8, 4) is 17.0 Å². The van der Waals surface area contributed by atoms with Gasteiger partial charge >= 0.3 is 0 Å². The lowest BCUT2D eigenvalue weighted by Gasteiger charge is -2.09. The summed E-state index contributed by atoms with van der Waals surface area (Å²) in [4.78, 5) is 29.8. The van der Waals surface area contributed by atoms with Gasteiger partial charge in [-0.05, 0) is 43.5 Å². The number of benzene rings is 2. The lowest BCUT2D eigenvalue weighted by molar-refractivity contribution is -0.115. The van der Waals surface area contributed by atoms with E-state index in [1.165, 1.54) is 23.2 Å². The number of carbonyl (C=O) groups is 2. The summed E-state index contributed by atoms with van der Waals surface area (Å²) in [6, 6.07) is 13.2. The van der Waals surface area contributed by atoms with Crippen LogP contribution in [0.25, 0.3) is 11.3 Å². The molecule has 0 atom stereocenters. The standard InChI is InChI=1S/C21H20N2O3S2/c1-13(24)15-6-9-19(26-2)16(10-15)11-20(25)23-21-22-18(12-28-21)14-4-7-17(27-3)8-5-14/h4-10,12H,11H2,1-3H3,(H,22,23,25). The second-order valence-electron chi connectivity index (χ2n) is 6.07. The SMILES string of the molecule is COc1ccc(C(C)=O)cc1CC(=O)Nc1nc(-c2ccc(SC)cc2)cs1. The highest BCUT2D eigenvalue weighted by molar-refractivity contribution is 7.98. The monoisotopic (exact) mass is 412 g/mol. The number of aromatic nitrogens is 1. The van der Waals surface area contributed by atoms with Gasteiger partial charge in [-0.15, -0.1) is 23.1 Å². The minimum atomic E-state index is -0.211. The Labute approximate surface area is 172 Å². The number of Topliss-reactive ketones (excluding diaryl/α,β-unsaturated/α-hetero) is 1. The Kier molecular flexibility index (Phi) is 6.49. The van der Waals surface area contributed by atoms with E-state index < -0.39 is 0 Å². The fourth-order valence-electron chi connectivity index (χ4n) is 2.70. The molecule has 0 fully saturated rings. The van der Waals surface area contributed by atoms with Crippen molar-refractivity contribution in [2.75, 3.05) is 18.7 Å². The minimum absolute atomic E-state index is 0.0543. The number of thiazole rings is 1. The zero-order valence-electron chi connectivity index (χ0n) is 15.8. The van der Waals surface area contributed by atoms with Gasteiger partial charge < -0.3 is 10.1 Å². The van der Waals surface area contributed by atoms with Crippen molar-refractivity contribution in [2.45, 2.75) is 18.2 Å². The molecule has 0 saturated carbocycles. The lowest BCUT2D eigenvalue weighted by atomic mass is 10.0. The molecule has 1 aromatic heterocycles. The number of carbonyl (C=O) groups excluding carboxylic acids is 2. The summed E-state index contributed by atoms with van der Waals surface area (Å²) in [5, 5.41) is 5.28. The Morgan fingerprint density at radius 3 is 2.57 bits per heavy atom. The number of ether oxygens (including phenoxy) is 1. The quantitative estimate of drug-likeness (QED) is 0.440. The fraction of sp³-hybridized carbons (Fsp3) is 0.190. The Morgan fingerprint density at radius 1 is 1.18 bits per heavy atom. The number of thioether (sulfide) groups is 1. The third-order valence-electron chi connectivity index (χ3n) is 4.17. The largest absolute Gasteiger partial charge is 0.496 e. The number of nitrogens with zero attached hydrogens (tertiary/aromatic N) is 1. The van der Waals surface area contributed by atoms with Crippen LogP contribution in [-0.4, -0.2) is 30.0 Å². The molecule has 3 rings (SSSR count). The summed E-state index contributed by atoms with van der Waals surface area (Å²) >= 11 is 3.06. The number of hydrogen-bond donors (Lipinski definition) is 1. The summed E-state index contributed by atoms with van der Waals surface area (Å²) in [5.74, 6) is 0.313. The molecule has 0 aliphatic carbocycles. The Morgan fingerprint density at radius 2 is 1.93 bits per heavy atom. The van der Waals surface area contributed by atoms with Crippen LogP contribution >= 0.6 is 23.1 Å². The first-order valence-corrected chi connectivity index (χ1v) is 10.7. The van der Waals surface area contributed by atoms with Crippen molar-refractivity contribution in [1.82, 2.24) is 4.98 Å². The Hall–Kier alpha value is -2.64. The summed E-state index contributed by atoms with van der Waals surface area (Å²) in [5.41, 5.74) is 3.04. The molecule has 0 unspecified atom stereocenters. The first-order valence-electron chi connectivity index (χ1n) is 8.58. The fourth-order valence-corrected chi connectivity index (χ4v) is 3.84.